The van der Waals surface area contributed by atoms with Gasteiger partial charge in [-0.25, -0.2) is 0 Å². The van der Waals surface area contributed by atoms with E-state index < -0.39 is 0 Å². The zero-order chi connectivity index (χ0) is 13.7. The maximum absolute atomic E-state index is 6.36. The van der Waals surface area contributed by atoms with E-state index in [1.54, 1.807) is 0 Å². The van der Waals surface area contributed by atoms with Crippen LogP contribution in [0.3, 0.4) is 0 Å². The van der Waals surface area contributed by atoms with E-state index in [4.69, 9.17) is 15.0 Å². The number of fused-ring (bicyclic) bond motifs is 2. The molecule has 0 radical (unpaired) electrons. The molecule has 2 bridgehead atoms. The van der Waals surface area contributed by atoms with Gasteiger partial charge in [-0.15, -0.1) is 0 Å². The molecule has 20 heavy (non-hydrogen) atoms. The molecule has 2 aliphatic carbocycles. The highest BCUT2D eigenvalue weighted by atomic mass is 16.5. The second-order valence-electron chi connectivity index (χ2n) is 6.93. The Kier molecular flexibility index (Phi) is 2.89. The van der Waals surface area contributed by atoms with Gasteiger partial charge in [0, 0.05) is 12.6 Å². The lowest BCUT2D eigenvalue weighted by Gasteiger charge is -2.30. The molecule has 5 atom stereocenters. The monoisotopic (exact) mass is 277 g/mol. The van der Waals surface area contributed by atoms with E-state index in [1.165, 1.54) is 19.3 Å². The molecule has 3 fully saturated rings. The number of nitrogens with two attached hydrogens (primary N) is 1. The van der Waals surface area contributed by atoms with E-state index in [0.717, 1.165) is 31.8 Å². The number of nitrogens with zero attached hydrogens (tertiary/aromatic N) is 2. The maximum Gasteiger partial charge on any atom is 0.231 e. The standard InChI is InChI=1S/C15H23N3O2/c1-15(6-2-3-7-19-15)14-17-13(20-18-14)11-9-4-5-10(8-9)12(11)16/h9-12H,2-8,16H2,1H3. The first-order chi connectivity index (χ1) is 9.67. The summed E-state index contributed by atoms with van der Waals surface area (Å²) >= 11 is 0. The molecule has 5 heteroatoms. The number of ether oxygens (including phenoxy) is 1. The van der Waals surface area contributed by atoms with Crippen LogP contribution in [-0.4, -0.2) is 22.8 Å². The average Bonchev–Trinajstić information content (AvgIpc) is 3.14. The van der Waals surface area contributed by atoms with E-state index in [-0.39, 0.29) is 17.6 Å². The van der Waals surface area contributed by atoms with Gasteiger partial charge >= 0.3 is 0 Å². The largest absolute Gasteiger partial charge is 0.367 e. The summed E-state index contributed by atoms with van der Waals surface area (Å²) in [4.78, 5) is 4.67. The van der Waals surface area contributed by atoms with Gasteiger partial charge in [0.15, 0.2) is 0 Å². The Hall–Kier alpha value is -0.940. The minimum absolute atomic E-state index is 0.196. The molecule has 5 unspecified atom stereocenters. The Labute approximate surface area is 119 Å². The summed E-state index contributed by atoms with van der Waals surface area (Å²) in [6, 6.07) is 0.196. The van der Waals surface area contributed by atoms with Crippen molar-refractivity contribution in [1.82, 2.24) is 10.1 Å². The third-order valence-corrected chi connectivity index (χ3v) is 5.65. The Bertz CT molecular complexity index is 493. The van der Waals surface area contributed by atoms with Gasteiger partial charge in [-0.2, -0.15) is 4.98 Å². The van der Waals surface area contributed by atoms with Crippen LogP contribution in [0.1, 0.15) is 63.1 Å². The molecular weight excluding hydrogens is 254 g/mol. The summed E-state index contributed by atoms with van der Waals surface area (Å²) in [7, 11) is 0. The molecular formula is C15H23N3O2. The molecule has 0 amide bonds. The molecule has 1 saturated heterocycles. The van der Waals surface area contributed by atoms with Gasteiger partial charge in [-0.1, -0.05) is 5.16 Å². The summed E-state index contributed by atoms with van der Waals surface area (Å²) in [5.74, 6) is 3.02. The smallest absolute Gasteiger partial charge is 0.231 e. The van der Waals surface area contributed by atoms with Gasteiger partial charge < -0.3 is 15.0 Å². The molecule has 2 N–H and O–H groups in total. The van der Waals surface area contributed by atoms with Crippen LogP contribution in [0.5, 0.6) is 0 Å². The van der Waals surface area contributed by atoms with Crippen molar-refractivity contribution in [3.05, 3.63) is 11.7 Å². The fraction of sp³-hybridized carbons (Fsp3) is 0.867. The van der Waals surface area contributed by atoms with E-state index in [0.29, 0.717) is 17.7 Å². The van der Waals surface area contributed by atoms with Gasteiger partial charge in [-0.3, -0.25) is 0 Å². The van der Waals surface area contributed by atoms with Crippen LogP contribution in [-0.2, 0) is 10.3 Å². The van der Waals surface area contributed by atoms with Crippen molar-refractivity contribution in [3.63, 3.8) is 0 Å². The lowest BCUT2D eigenvalue weighted by molar-refractivity contribution is -0.0770. The summed E-state index contributed by atoms with van der Waals surface area (Å²) in [5, 5.41) is 4.21. The number of rotatable bonds is 2. The second-order valence-corrected chi connectivity index (χ2v) is 6.93. The van der Waals surface area contributed by atoms with Crippen LogP contribution in [0.2, 0.25) is 0 Å². The van der Waals surface area contributed by atoms with Crippen molar-refractivity contribution in [2.75, 3.05) is 6.61 Å². The zero-order valence-electron chi connectivity index (χ0n) is 12.0. The predicted molar refractivity (Wildman–Crippen MR) is 73.0 cm³/mol. The first-order valence-electron chi connectivity index (χ1n) is 7.91. The van der Waals surface area contributed by atoms with Crippen molar-refractivity contribution in [2.45, 2.75) is 63.0 Å². The van der Waals surface area contributed by atoms with Crippen LogP contribution in [0.25, 0.3) is 0 Å². The Morgan fingerprint density at radius 1 is 1.25 bits per heavy atom. The third kappa shape index (κ3) is 1.83. The molecule has 5 nitrogen and oxygen atoms in total. The van der Waals surface area contributed by atoms with Crippen LogP contribution >= 0.6 is 0 Å². The molecule has 0 aromatic carbocycles. The Morgan fingerprint density at radius 3 is 2.80 bits per heavy atom. The topological polar surface area (TPSA) is 74.2 Å². The van der Waals surface area contributed by atoms with Crippen LogP contribution in [0.15, 0.2) is 4.52 Å². The normalized spacial score (nSPS) is 44.1. The SMILES string of the molecule is CC1(c2noc(C3C4CCC(C4)C3N)n2)CCCCO1. The summed E-state index contributed by atoms with van der Waals surface area (Å²) in [5.41, 5.74) is 5.98. The van der Waals surface area contributed by atoms with E-state index in [2.05, 4.69) is 17.1 Å². The highest BCUT2D eigenvalue weighted by molar-refractivity contribution is 5.13. The summed E-state index contributed by atoms with van der Waals surface area (Å²) in [6.45, 7) is 2.86. The van der Waals surface area contributed by atoms with Crippen molar-refractivity contribution in [3.8, 4) is 0 Å². The van der Waals surface area contributed by atoms with E-state index in [9.17, 15) is 0 Å². The molecule has 0 spiro atoms. The van der Waals surface area contributed by atoms with Crippen molar-refractivity contribution >= 4 is 0 Å². The summed E-state index contributed by atoms with van der Waals surface area (Å²) in [6.07, 6.45) is 7.01. The van der Waals surface area contributed by atoms with E-state index >= 15 is 0 Å². The highest BCUT2D eigenvalue weighted by Crippen LogP contribution is 2.52. The third-order valence-electron chi connectivity index (χ3n) is 5.65. The number of hydrogen-bond donors (Lipinski definition) is 1. The van der Waals surface area contributed by atoms with Crippen LogP contribution in [0, 0.1) is 11.8 Å². The van der Waals surface area contributed by atoms with Crippen LogP contribution in [0.4, 0.5) is 0 Å². The second kappa shape index (κ2) is 4.53. The fourth-order valence-electron chi connectivity index (χ4n) is 4.40. The van der Waals surface area contributed by atoms with Crippen molar-refractivity contribution in [2.24, 2.45) is 17.6 Å². The predicted octanol–water partition coefficient (Wildman–Crippen LogP) is 2.33. The van der Waals surface area contributed by atoms with E-state index in [1.807, 2.05) is 0 Å². The minimum Gasteiger partial charge on any atom is -0.367 e. The fourth-order valence-corrected chi connectivity index (χ4v) is 4.40. The van der Waals surface area contributed by atoms with Gasteiger partial charge in [0.05, 0.1) is 5.92 Å². The molecule has 4 rings (SSSR count). The molecule has 2 saturated carbocycles. The van der Waals surface area contributed by atoms with Gasteiger partial charge in [-0.05, 0) is 57.3 Å². The Balaban J connectivity index is 1.59. The van der Waals surface area contributed by atoms with Gasteiger partial charge in [0.25, 0.3) is 0 Å². The molecule has 1 aromatic heterocycles. The Morgan fingerprint density at radius 2 is 2.10 bits per heavy atom. The van der Waals surface area contributed by atoms with Gasteiger partial charge in [0.2, 0.25) is 11.7 Å². The lowest BCUT2D eigenvalue weighted by atomic mass is 9.85. The zero-order valence-corrected chi connectivity index (χ0v) is 12.0. The van der Waals surface area contributed by atoms with Gasteiger partial charge in [0.1, 0.15) is 5.60 Å². The maximum atomic E-state index is 6.36. The highest BCUT2D eigenvalue weighted by Gasteiger charge is 2.49. The van der Waals surface area contributed by atoms with Crippen molar-refractivity contribution < 1.29 is 9.26 Å². The molecule has 1 aliphatic heterocycles. The number of hydrogen-bond acceptors (Lipinski definition) is 5. The lowest BCUT2D eigenvalue weighted by Crippen LogP contribution is -2.34. The average molecular weight is 277 g/mol. The minimum atomic E-state index is -0.373. The molecule has 3 aliphatic rings. The van der Waals surface area contributed by atoms with Crippen LogP contribution < -0.4 is 5.73 Å². The first-order valence-corrected chi connectivity index (χ1v) is 7.91. The van der Waals surface area contributed by atoms with Crippen molar-refractivity contribution in [1.29, 1.82) is 0 Å². The number of aromatic nitrogens is 2. The molecule has 2 heterocycles. The quantitative estimate of drug-likeness (QED) is 0.898. The molecule has 110 valence electrons. The first kappa shape index (κ1) is 12.8. The molecule has 1 aromatic rings. The summed E-state index contributed by atoms with van der Waals surface area (Å²) < 4.78 is 11.5.